The second-order valence-corrected chi connectivity index (χ2v) is 9.15. The monoisotopic (exact) mass is 411 g/mol. The number of ether oxygens (including phenoxy) is 1. The van der Waals surface area contributed by atoms with Gasteiger partial charge in [0.1, 0.15) is 16.7 Å². The number of anilines is 1. The Morgan fingerprint density at radius 1 is 1.14 bits per heavy atom. The number of amides is 2. The largest absolute Gasteiger partial charge is 0.495 e. The molecule has 0 spiro atoms. The number of nitrogens with zero attached hydrogens (tertiary/aromatic N) is 1. The van der Waals surface area contributed by atoms with Crippen molar-refractivity contribution >= 4 is 27.5 Å². The Bertz CT molecular complexity index is 817. The van der Waals surface area contributed by atoms with Crippen molar-refractivity contribution in [3.63, 3.8) is 0 Å². The van der Waals surface area contributed by atoms with Gasteiger partial charge in [0.2, 0.25) is 21.8 Å². The first-order chi connectivity index (χ1) is 13.2. The van der Waals surface area contributed by atoms with Crippen molar-refractivity contribution in [1.82, 2.24) is 9.62 Å². The highest BCUT2D eigenvalue weighted by Gasteiger charge is 2.30. The number of methoxy groups -OCH3 is 1. The minimum absolute atomic E-state index is 0.0234. The molecule has 28 heavy (non-hydrogen) atoms. The van der Waals surface area contributed by atoms with Crippen LogP contribution in [0, 0.1) is 5.92 Å². The van der Waals surface area contributed by atoms with E-state index < -0.39 is 22.0 Å². The highest BCUT2D eigenvalue weighted by Crippen LogP contribution is 2.31. The van der Waals surface area contributed by atoms with Crippen LogP contribution in [0.15, 0.2) is 23.1 Å². The quantitative estimate of drug-likeness (QED) is 0.714. The Balaban J connectivity index is 2.31. The van der Waals surface area contributed by atoms with Crippen molar-refractivity contribution in [2.24, 2.45) is 5.92 Å². The van der Waals surface area contributed by atoms with Crippen molar-refractivity contribution < 1.29 is 22.7 Å². The summed E-state index contributed by atoms with van der Waals surface area (Å²) in [7, 11) is -2.32. The summed E-state index contributed by atoms with van der Waals surface area (Å²) < 4.78 is 32.8. The number of hydrogen-bond donors (Lipinski definition) is 2. The van der Waals surface area contributed by atoms with Gasteiger partial charge in [0.25, 0.3) is 0 Å². The Labute approximate surface area is 166 Å². The van der Waals surface area contributed by atoms with Gasteiger partial charge in [0.15, 0.2) is 0 Å². The van der Waals surface area contributed by atoms with E-state index in [1.807, 2.05) is 13.8 Å². The molecule has 0 unspecified atom stereocenters. The van der Waals surface area contributed by atoms with Crippen LogP contribution in [0.4, 0.5) is 5.69 Å². The summed E-state index contributed by atoms with van der Waals surface area (Å²) in [5, 5.41) is 5.32. The molecule has 1 saturated heterocycles. The van der Waals surface area contributed by atoms with Crippen LogP contribution in [0.1, 0.15) is 40.0 Å². The van der Waals surface area contributed by atoms with Crippen molar-refractivity contribution in [2.45, 2.75) is 51.0 Å². The first kappa shape index (κ1) is 22.2. The van der Waals surface area contributed by atoms with E-state index in [2.05, 4.69) is 10.6 Å². The molecule has 0 saturated carbocycles. The summed E-state index contributed by atoms with van der Waals surface area (Å²) in [5.41, 5.74) is 0.331. The average Bonchev–Trinajstić information content (AvgIpc) is 2.66. The summed E-state index contributed by atoms with van der Waals surface area (Å²) in [5.74, 6) is -0.613. The molecule has 1 aromatic carbocycles. The van der Waals surface area contributed by atoms with Crippen LogP contribution < -0.4 is 15.4 Å². The van der Waals surface area contributed by atoms with E-state index >= 15 is 0 Å². The van der Waals surface area contributed by atoms with Gasteiger partial charge in [-0.1, -0.05) is 20.3 Å². The second kappa shape index (κ2) is 9.38. The molecule has 9 heteroatoms. The number of carbonyl (C=O) groups excluding carboxylic acids is 2. The maximum atomic E-state index is 13.1. The van der Waals surface area contributed by atoms with E-state index in [0.717, 1.165) is 19.3 Å². The van der Waals surface area contributed by atoms with Gasteiger partial charge in [-0.25, -0.2) is 8.42 Å². The molecule has 0 radical (unpaired) electrons. The third-order valence-corrected chi connectivity index (χ3v) is 6.59. The Morgan fingerprint density at radius 3 is 2.32 bits per heavy atom. The lowest BCUT2D eigenvalue weighted by atomic mass is 10.0. The number of sulfonamides is 1. The molecule has 2 N–H and O–H groups in total. The predicted octanol–water partition coefficient (Wildman–Crippen LogP) is 1.97. The second-order valence-electron chi connectivity index (χ2n) is 7.24. The van der Waals surface area contributed by atoms with Gasteiger partial charge in [0.05, 0.1) is 7.11 Å². The molecule has 1 aromatic rings. The maximum absolute atomic E-state index is 13.1. The summed E-state index contributed by atoms with van der Waals surface area (Å²) in [6, 6.07) is 3.79. The van der Waals surface area contributed by atoms with E-state index in [4.69, 9.17) is 4.74 Å². The molecule has 0 aromatic heterocycles. The maximum Gasteiger partial charge on any atom is 0.247 e. The fourth-order valence-corrected chi connectivity index (χ4v) is 4.87. The SMILES string of the molecule is COc1ccc(NC(=O)[C@H](NC(C)=O)C(C)C)cc1S(=O)(=O)N1CCCCC1. The minimum atomic E-state index is -3.73. The summed E-state index contributed by atoms with van der Waals surface area (Å²) in [6.45, 7) is 5.93. The highest BCUT2D eigenvalue weighted by molar-refractivity contribution is 7.89. The first-order valence-corrected chi connectivity index (χ1v) is 10.9. The van der Waals surface area contributed by atoms with Crippen LogP contribution >= 0.6 is 0 Å². The number of benzene rings is 1. The van der Waals surface area contributed by atoms with Gasteiger partial charge in [-0.2, -0.15) is 4.31 Å². The molecule has 2 amide bonds. The molecule has 1 atom stereocenters. The summed E-state index contributed by atoms with van der Waals surface area (Å²) >= 11 is 0. The zero-order valence-electron chi connectivity index (χ0n) is 16.8. The predicted molar refractivity (Wildman–Crippen MR) is 107 cm³/mol. The lowest BCUT2D eigenvalue weighted by molar-refractivity contribution is -0.126. The smallest absolute Gasteiger partial charge is 0.247 e. The number of nitrogens with one attached hydrogen (secondary N) is 2. The normalized spacial score (nSPS) is 16.5. The lowest BCUT2D eigenvalue weighted by Gasteiger charge is -2.27. The van der Waals surface area contributed by atoms with Gasteiger partial charge in [0, 0.05) is 25.7 Å². The standard InChI is InChI=1S/C19H29N3O5S/c1-13(2)18(20-14(3)23)19(24)21-15-8-9-16(27-4)17(12-15)28(25,26)22-10-6-5-7-11-22/h8-9,12-13,18H,5-7,10-11H2,1-4H3,(H,20,23)(H,21,24)/t18-/m1/s1. The van der Waals surface area contributed by atoms with Gasteiger partial charge >= 0.3 is 0 Å². The Hall–Kier alpha value is -2.13. The number of piperidine rings is 1. The molecule has 1 aliphatic heterocycles. The third-order valence-electron chi connectivity index (χ3n) is 4.67. The first-order valence-electron chi connectivity index (χ1n) is 9.43. The van der Waals surface area contributed by atoms with Crippen molar-refractivity contribution in [2.75, 3.05) is 25.5 Å². The van der Waals surface area contributed by atoms with Crippen LogP contribution in [-0.4, -0.2) is 50.8 Å². The summed E-state index contributed by atoms with van der Waals surface area (Å²) in [6.07, 6.45) is 2.66. The van der Waals surface area contributed by atoms with Gasteiger partial charge < -0.3 is 15.4 Å². The summed E-state index contributed by atoms with van der Waals surface area (Å²) in [4.78, 5) is 24.0. The number of carbonyl (C=O) groups is 2. The molecule has 1 heterocycles. The van der Waals surface area contributed by atoms with Crippen LogP contribution in [0.2, 0.25) is 0 Å². The fraction of sp³-hybridized carbons (Fsp3) is 0.579. The van der Waals surface area contributed by atoms with E-state index in [9.17, 15) is 18.0 Å². The molecular weight excluding hydrogens is 382 g/mol. The van der Waals surface area contributed by atoms with Crippen molar-refractivity contribution in [3.05, 3.63) is 18.2 Å². The number of hydrogen-bond acceptors (Lipinski definition) is 5. The zero-order valence-corrected chi connectivity index (χ0v) is 17.6. The zero-order chi connectivity index (χ0) is 20.9. The number of rotatable bonds is 7. The minimum Gasteiger partial charge on any atom is -0.495 e. The lowest BCUT2D eigenvalue weighted by Crippen LogP contribution is -2.46. The topological polar surface area (TPSA) is 105 Å². The molecule has 156 valence electrons. The van der Waals surface area contributed by atoms with Gasteiger partial charge in [-0.15, -0.1) is 0 Å². The highest BCUT2D eigenvalue weighted by atomic mass is 32.2. The molecule has 0 aliphatic carbocycles. The van der Waals surface area contributed by atoms with E-state index in [1.54, 1.807) is 6.07 Å². The molecule has 8 nitrogen and oxygen atoms in total. The van der Waals surface area contributed by atoms with Crippen LogP contribution in [0.25, 0.3) is 0 Å². The van der Waals surface area contributed by atoms with Crippen LogP contribution in [0.5, 0.6) is 5.75 Å². The van der Waals surface area contributed by atoms with Crippen LogP contribution in [0.3, 0.4) is 0 Å². The molecule has 0 bridgehead atoms. The van der Waals surface area contributed by atoms with Gasteiger partial charge in [-0.05, 0) is 37.0 Å². The van der Waals surface area contributed by atoms with Crippen molar-refractivity contribution in [1.29, 1.82) is 0 Å². The van der Waals surface area contributed by atoms with Crippen molar-refractivity contribution in [3.8, 4) is 5.75 Å². The third kappa shape index (κ3) is 5.23. The van der Waals surface area contributed by atoms with Gasteiger partial charge in [-0.3, -0.25) is 9.59 Å². The fourth-order valence-electron chi connectivity index (χ4n) is 3.17. The molecular formula is C19H29N3O5S. The van der Waals surface area contributed by atoms with E-state index in [0.29, 0.717) is 18.8 Å². The Kier molecular flexibility index (Phi) is 7.42. The van der Waals surface area contributed by atoms with Crippen LogP contribution in [-0.2, 0) is 19.6 Å². The molecule has 2 rings (SSSR count). The van der Waals surface area contributed by atoms with E-state index in [1.165, 1.54) is 30.5 Å². The molecule has 1 aliphatic rings. The average molecular weight is 412 g/mol. The molecule has 1 fully saturated rings. The van der Waals surface area contributed by atoms with E-state index in [-0.39, 0.29) is 22.5 Å². The Morgan fingerprint density at radius 2 is 1.79 bits per heavy atom.